The predicted molar refractivity (Wildman–Crippen MR) is 92.8 cm³/mol. The number of carbonyl (C=O) groups is 1. The highest BCUT2D eigenvalue weighted by Crippen LogP contribution is 2.13. The second-order valence-corrected chi connectivity index (χ2v) is 7.43. The van der Waals surface area contributed by atoms with E-state index in [4.69, 9.17) is 0 Å². The van der Waals surface area contributed by atoms with E-state index in [2.05, 4.69) is 24.1 Å². The number of nitrogens with one attached hydrogen (secondary N) is 1. The number of hydrogen-bond donors (Lipinski definition) is 1. The standard InChI is InChI=1S/C16H27N3O2S/c1-13(2)12-19(11-10-18(3)4)16(20)17-14-6-8-15(9-7-14)22(5)21/h6-9,13H,10-12H2,1-5H3,(H,17,20). The van der Waals surface area contributed by atoms with E-state index in [1.54, 1.807) is 30.5 Å². The fraction of sp³-hybridized carbons (Fsp3) is 0.562. The lowest BCUT2D eigenvalue weighted by molar-refractivity contribution is 0.197. The topological polar surface area (TPSA) is 52.6 Å². The predicted octanol–water partition coefficient (Wildman–Crippen LogP) is 2.48. The molecule has 0 aliphatic carbocycles. The van der Waals surface area contributed by atoms with Crippen molar-refractivity contribution in [1.29, 1.82) is 0 Å². The van der Waals surface area contributed by atoms with E-state index in [9.17, 15) is 9.00 Å². The third kappa shape index (κ3) is 6.58. The zero-order chi connectivity index (χ0) is 16.7. The molecule has 1 aromatic carbocycles. The Kier molecular flexibility index (Phi) is 7.55. The fourth-order valence-corrected chi connectivity index (χ4v) is 2.49. The molecule has 1 atom stereocenters. The zero-order valence-corrected chi connectivity index (χ0v) is 14.9. The van der Waals surface area contributed by atoms with Crippen molar-refractivity contribution in [3.05, 3.63) is 24.3 Å². The molecule has 6 heteroatoms. The number of benzene rings is 1. The van der Waals surface area contributed by atoms with Crippen molar-refractivity contribution >= 4 is 22.5 Å². The molecular weight excluding hydrogens is 298 g/mol. The third-order valence-corrected chi connectivity index (χ3v) is 4.06. The van der Waals surface area contributed by atoms with E-state index >= 15 is 0 Å². The van der Waals surface area contributed by atoms with Crippen molar-refractivity contribution in [1.82, 2.24) is 9.80 Å². The smallest absolute Gasteiger partial charge is 0.321 e. The number of hydrogen-bond acceptors (Lipinski definition) is 3. The van der Waals surface area contributed by atoms with Crippen LogP contribution in [0.1, 0.15) is 13.8 Å². The molecule has 124 valence electrons. The van der Waals surface area contributed by atoms with Crippen LogP contribution in [0, 0.1) is 5.92 Å². The summed E-state index contributed by atoms with van der Waals surface area (Å²) in [6.45, 7) is 6.43. The van der Waals surface area contributed by atoms with Crippen molar-refractivity contribution < 1.29 is 9.00 Å². The van der Waals surface area contributed by atoms with Gasteiger partial charge < -0.3 is 15.1 Å². The normalized spacial score (nSPS) is 12.5. The van der Waals surface area contributed by atoms with Crippen LogP contribution in [0.2, 0.25) is 0 Å². The molecule has 0 saturated carbocycles. The molecule has 0 radical (unpaired) electrons. The van der Waals surface area contributed by atoms with Gasteiger partial charge in [-0.1, -0.05) is 13.8 Å². The molecular formula is C16H27N3O2S. The summed E-state index contributed by atoms with van der Waals surface area (Å²) in [6.07, 6.45) is 1.64. The average molecular weight is 325 g/mol. The van der Waals surface area contributed by atoms with Crippen LogP contribution in [0.4, 0.5) is 10.5 Å². The van der Waals surface area contributed by atoms with Gasteiger partial charge >= 0.3 is 6.03 Å². The molecule has 2 amide bonds. The minimum Gasteiger partial charge on any atom is -0.323 e. The van der Waals surface area contributed by atoms with Crippen molar-refractivity contribution in [2.45, 2.75) is 18.7 Å². The molecule has 0 aromatic heterocycles. The van der Waals surface area contributed by atoms with E-state index in [-0.39, 0.29) is 6.03 Å². The highest BCUT2D eigenvalue weighted by atomic mass is 32.2. The summed E-state index contributed by atoms with van der Waals surface area (Å²) < 4.78 is 11.4. The van der Waals surface area contributed by atoms with Crippen LogP contribution in [-0.4, -0.2) is 60.0 Å². The van der Waals surface area contributed by atoms with E-state index in [1.165, 1.54) is 0 Å². The summed E-state index contributed by atoms with van der Waals surface area (Å²) in [7, 11) is 2.99. The third-order valence-electron chi connectivity index (χ3n) is 3.13. The lowest BCUT2D eigenvalue weighted by atomic mass is 10.2. The zero-order valence-electron chi connectivity index (χ0n) is 14.1. The second-order valence-electron chi connectivity index (χ2n) is 6.05. The van der Waals surface area contributed by atoms with Gasteiger partial charge in [0.25, 0.3) is 0 Å². The number of amides is 2. The van der Waals surface area contributed by atoms with Gasteiger partial charge in [-0.15, -0.1) is 0 Å². The maximum Gasteiger partial charge on any atom is 0.321 e. The molecule has 1 unspecified atom stereocenters. The number of carbonyl (C=O) groups excluding carboxylic acids is 1. The van der Waals surface area contributed by atoms with E-state index in [0.717, 1.165) is 23.7 Å². The van der Waals surface area contributed by atoms with Gasteiger partial charge in [-0.25, -0.2) is 4.79 Å². The summed E-state index contributed by atoms with van der Waals surface area (Å²) in [6, 6.07) is 7.03. The maximum atomic E-state index is 12.4. The monoisotopic (exact) mass is 325 g/mol. The second kappa shape index (κ2) is 8.90. The molecule has 22 heavy (non-hydrogen) atoms. The fourth-order valence-electron chi connectivity index (χ4n) is 1.97. The first-order valence-electron chi connectivity index (χ1n) is 7.43. The molecule has 0 spiro atoms. The summed E-state index contributed by atoms with van der Waals surface area (Å²) in [4.78, 5) is 17.1. The molecule has 0 aliphatic rings. The molecule has 0 aliphatic heterocycles. The van der Waals surface area contributed by atoms with E-state index < -0.39 is 10.8 Å². The minimum absolute atomic E-state index is 0.0964. The van der Waals surface area contributed by atoms with Crippen molar-refractivity contribution in [2.75, 3.05) is 45.3 Å². The van der Waals surface area contributed by atoms with Crippen LogP contribution in [-0.2, 0) is 10.8 Å². The number of rotatable bonds is 7. The van der Waals surface area contributed by atoms with E-state index in [0.29, 0.717) is 12.5 Å². The van der Waals surface area contributed by atoms with Gasteiger partial charge in [-0.3, -0.25) is 4.21 Å². The van der Waals surface area contributed by atoms with Crippen molar-refractivity contribution in [3.63, 3.8) is 0 Å². The van der Waals surface area contributed by atoms with Gasteiger partial charge in [0.1, 0.15) is 0 Å². The van der Waals surface area contributed by atoms with Gasteiger partial charge in [0, 0.05) is 47.3 Å². The number of anilines is 1. The number of urea groups is 1. The Balaban J connectivity index is 2.70. The lowest BCUT2D eigenvalue weighted by Crippen LogP contribution is -2.41. The molecule has 0 heterocycles. The molecule has 1 rings (SSSR count). The Morgan fingerprint density at radius 1 is 1.18 bits per heavy atom. The quantitative estimate of drug-likeness (QED) is 0.838. The highest BCUT2D eigenvalue weighted by molar-refractivity contribution is 7.84. The van der Waals surface area contributed by atoms with Gasteiger partial charge in [-0.2, -0.15) is 0 Å². The molecule has 1 N–H and O–H groups in total. The number of likely N-dealkylation sites (N-methyl/N-ethyl adjacent to an activating group) is 1. The van der Waals surface area contributed by atoms with Gasteiger partial charge in [-0.05, 0) is 44.3 Å². The largest absolute Gasteiger partial charge is 0.323 e. The molecule has 5 nitrogen and oxygen atoms in total. The lowest BCUT2D eigenvalue weighted by Gasteiger charge is -2.26. The Bertz CT molecular complexity index is 501. The molecule has 0 fully saturated rings. The van der Waals surface area contributed by atoms with E-state index in [1.807, 2.05) is 19.0 Å². The Morgan fingerprint density at radius 2 is 1.77 bits per heavy atom. The maximum absolute atomic E-state index is 12.4. The van der Waals surface area contributed by atoms with Crippen LogP contribution in [0.15, 0.2) is 29.2 Å². The minimum atomic E-state index is -1.00. The highest BCUT2D eigenvalue weighted by Gasteiger charge is 2.15. The summed E-state index contributed by atoms with van der Waals surface area (Å²) >= 11 is 0. The first-order chi connectivity index (χ1) is 10.3. The molecule has 0 saturated heterocycles. The Morgan fingerprint density at radius 3 is 2.23 bits per heavy atom. The van der Waals surface area contributed by atoms with Gasteiger partial charge in [0.15, 0.2) is 0 Å². The summed E-state index contributed by atoms with van der Waals surface area (Å²) in [5, 5.41) is 2.91. The molecule has 1 aromatic rings. The van der Waals surface area contributed by atoms with Crippen LogP contribution < -0.4 is 5.32 Å². The Hall–Kier alpha value is -1.40. The van der Waals surface area contributed by atoms with Crippen molar-refractivity contribution in [3.8, 4) is 0 Å². The van der Waals surface area contributed by atoms with Crippen LogP contribution >= 0.6 is 0 Å². The van der Waals surface area contributed by atoms with Crippen molar-refractivity contribution in [2.24, 2.45) is 5.92 Å². The first-order valence-corrected chi connectivity index (χ1v) is 8.99. The SMILES string of the molecule is CC(C)CN(CCN(C)C)C(=O)Nc1ccc(S(C)=O)cc1. The first kappa shape index (κ1) is 18.6. The summed E-state index contributed by atoms with van der Waals surface area (Å²) in [5.41, 5.74) is 0.720. The molecule has 0 bridgehead atoms. The van der Waals surface area contributed by atoms with Crippen LogP contribution in [0.25, 0.3) is 0 Å². The van der Waals surface area contributed by atoms with Gasteiger partial charge in [0.05, 0.1) is 0 Å². The van der Waals surface area contributed by atoms with Crippen LogP contribution in [0.3, 0.4) is 0 Å². The number of nitrogens with zero attached hydrogens (tertiary/aromatic N) is 2. The Labute approximate surface area is 136 Å². The van der Waals surface area contributed by atoms with Gasteiger partial charge in [0.2, 0.25) is 0 Å². The van der Waals surface area contributed by atoms with Crippen LogP contribution in [0.5, 0.6) is 0 Å². The summed E-state index contributed by atoms with van der Waals surface area (Å²) in [5.74, 6) is 0.415. The average Bonchev–Trinajstić information content (AvgIpc) is 2.43.